The molecule has 0 atom stereocenters. The number of carbonyl (C=O) groups is 1. The predicted octanol–water partition coefficient (Wildman–Crippen LogP) is 2.03. The quantitative estimate of drug-likeness (QED) is 0.597. The van der Waals surface area contributed by atoms with Gasteiger partial charge in [0.15, 0.2) is 17.8 Å². The molecule has 0 saturated heterocycles. The fourth-order valence-corrected chi connectivity index (χ4v) is 0.549. The monoisotopic (exact) mass is 146 g/mol. The van der Waals surface area contributed by atoms with Crippen molar-refractivity contribution in [3.63, 3.8) is 0 Å². The van der Waals surface area contributed by atoms with Gasteiger partial charge >= 0.3 is 0 Å². The van der Waals surface area contributed by atoms with E-state index >= 15 is 0 Å². The van der Waals surface area contributed by atoms with E-state index in [0.717, 1.165) is 6.07 Å². The van der Waals surface area contributed by atoms with Crippen LogP contribution >= 0.6 is 0 Å². The van der Waals surface area contributed by atoms with Crippen LogP contribution in [0.4, 0.5) is 8.78 Å². The van der Waals surface area contributed by atoms with Crippen LogP contribution in [0.2, 0.25) is 0 Å². The minimum atomic E-state index is -2.64. The van der Waals surface area contributed by atoms with Crippen LogP contribution in [-0.2, 0) is 0 Å². The molecule has 0 fully saturated rings. The van der Waals surface area contributed by atoms with E-state index in [4.69, 9.17) is 0 Å². The van der Waals surface area contributed by atoms with Gasteiger partial charge in [-0.15, -0.1) is 0 Å². The summed E-state index contributed by atoms with van der Waals surface area (Å²) >= 11 is 0. The molecule has 0 unspecified atom stereocenters. The number of hydrogen-bond donors (Lipinski definition) is 0. The zero-order valence-corrected chi connectivity index (χ0v) is 4.88. The van der Waals surface area contributed by atoms with Gasteiger partial charge < -0.3 is 4.42 Å². The Hall–Kier alpha value is -1.19. The lowest BCUT2D eigenvalue weighted by molar-refractivity contribution is 0.105. The van der Waals surface area contributed by atoms with Crippen molar-refractivity contribution in [2.75, 3.05) is 0 Å². The van der Waals surface area contributed by atoms with E-state index < -0.39 is 12.2 Å². The lowest BCUT2D eigenvalue weighted by Crippen LogP contribution is -1.76. The fourth-order valence-electron chi connectivity index (χ4n) is 0.549. The number of halogens is 2. The van der Waals surface area contributed by atoms with Gasteiger partial charge in [0.1, 0.15) is 0 Å². The van der Waals surface area contributed by atoms with Crippen LogP contribution in [0.15, 0.2) is 16.5 Å². The van der Waals surface area contributed by atoms with Gasteiger partial charge in [0.2, 0.25) is 0 Å². The predicted molar refractivity (Wildman–Crippen MR) is 29.1 cm³/mol. The third-order valence-electron chi connectivity index (χ3n) is 0.979. The minimum absolute atomic E-state index is 0.0738. The maximum atomic E-state index is 11.7. The maximum Gasteiger partial charge on any atom is 0.295 e. The smallest absolute Gasteiger partial charge is 0.295 e. The molecule has 1 aromatic rings. The van der Waals surface area contributed by atoms with E-state index in [1.807, 2.05) is 0 Å². The lowest BCUT2D eigenvalue weighted by Gasteiger charge is -1.88. The number of furan rings is 1. The molecule has 0 radical (unpaired) electrons. The summed E-state index contributed by atoms with van der Waals surface area (Å²) in [5.74, 6) is -0.544. The molecule has 1 rings (SSSR count). The molecule has 0 aliphatic heterocycles. The Morgan fingerprint density at radius 2 is 2.20 bits per heavy atom. The number of alkyl halides is 2. The van der Waals surface area contributed by atoms with E-state index in [-0.39, 0.29) is 5.76 Å². The van der Waals surface area contributed by atoms with Crippen LogP contribution in [0.25, 0.3) is 0 Å². The molecule has 0 aliphatic carbocycles. The summed E-state index contributed by atoms with van der Waals surface area (Å²) in [6, 6.07) is 2.28. The van der Waals surface area contributed by atoms with Crippen molar-refractivity contribution in [1.29, 1.82) is 0 Å². The Morgan fingerprint density at radius 3 is 2.50 bits per heavy atom. The molecule has 0 spiro atoms. The van der Waals surface area contributed by atoms with Gasteiger partial charge in [-0.2, -0.15) is 0 Å². The molecule has 2 nitrogen and oxygen atoms in total. The van der Waals surface area contributed by atoms with E-state index in [1.54, 1.807) is 0 Å². The van der Waals surface area contributed by atoms with Gasteiger partial charge in [-0.3, -0.25) is 4.79 Å². The first-order valence-electron chi connectivity index (χ1n) is 2.57. The van der Waals surface area contributed by atoms with E-state index in [0.29, 0.717) is 6.29 Å². The van der Waals surface area contributed by atoms with Gasteiger partial charge in [-0.1, -0.05) is 0 Å². The van der Waals surface area contributed by atoms with E-state index in [9.17, 15) is 13.6 Å². The summed E-state index contributed by atoms with van der Waals surface area (Å²) in [7, 11) is 0. The normalized spacial score (nSPS) is 10.3. The van der Waals surface area contributed by atoms with Crippen molar-refractivity contribution in [2.45, 2.75) is 6.43 Å². The van der Waals surface area contributed by atoms with Gasteiger partial charge in [0.25, 0.3) is 6.43 Å². The third kappa shape index (κ3) is 1.21. The number of hydrogen-bond acceptors (Lipinski definition) is 2. The Balaban J connectivity index is 2.88. The van der Waals surface area contributed by atoms with Crippen LogP contribution in [0, 0.1) is 0 Å². The molecular weight excluding hydrogens is 142 g/mol. The Bertz CT molecular complexity index is 229. The first-order chi connectivity index (χ1) is 4.74. The molecule has 4 heteroatoms. The highest BCUT2D eigenvalue weighted by molar-refractivity contribution is 5.70. The molecular formula is C6H4F2O2. The summed E-state index contributed by atoms with van der Waals surface area (Å²) in [4.78, 5) is 9.90. The second-order valence-electron chi connectivity index (χ2n) is 1.66. The maximum absolute atomic E-state index is 11.7. The molecule has 10 heavy (non-hydrogen) atoms. The Kier molecular flexibility index (Phi) is 1.80. The highest BCUT2D eigenvalue weighted by Gasteiger charge is 2.10. The van der Waals surface area contributed by atoms with Gasteiger partial charge in [-0.25, -0.2) is 8.78 Å². The second kappa shape index (κ2) is 2.60. The van der Waals surface area contributed by atoms with Crippen LogP contribution in [0.5, 0.6) is 0 Å². The molecule has 0 amide bonds. The largest absolute Gasteiger partial charge is 0.452 e. The van der Waals surface area contributed by atoms with Crippen molar-refractivity contribution >= 4 is 6.29 Å². The number of rotatable bonds is 2. The van der Waals surface area contributed by atoms with Crippen LogP contribution < -0.4 is 0 Å². The van der Waals surface area contributed by atoms with Crippen molar-refractivity contribution < 1.29 is 18.0 Å². The van der Waals surface area contributed by atoms with Crippen LogP contribution in [-0.4, -0.2) is 6.29 Å². The topological polar surface area (TPSA) is 30.2 Å². The van der Waals surface area contributed by atoms with Crippen molar-refractivity contribution in [2.24, 2.45) is 0 Å². The third-order valence-corrected chi connectivity index (χ3v) is 0.979. The first-order valence-corrected chi connectivity index (χ1v) is 2.57. The lowest BCUT2D eigenvalue weighted by atomic mass is 10.4. The zero-order valence-electron chi connectivity index (χ0n) is 4.88. The van der Waals surface area contributed by atoms with Crippen molar-refractivity contribution in [1.82, 2.24) is 0 Å². The molecule has 0 N–H and O–H groups in total. The number of aldehydes is 1. The second-order valence-corrected chi connectivity index (χ2v) is 1.66. The summed E-state index contributed by atoms with van der Waals surface area (Å²) in [5.41, 5.74) is 0. The van der Waals surface area contributed by atoms with Gasteiger partial charge in [0, 0.05) is 0 Å². The van der Waals surface area contributed by atoms with Crippen LogP contribution in [0.1, 0.15) is 22.7 Å². The average molecular weight is 146 g/mol. The fraction of sp³-hybridized carbons (Fsp3) is 0.167. The molecule has 1 heterocycles. The number of carbonyl (C=O) groups excluding carboxylic acids is 1. The molecule has 1 aromatic heterocycles. The molecule has 0 aromatic carbocycles. The summed E-state index contributed by atoms with van der Waals surface area (Å²) in [6.45, 7) is 0. The SMILES string of the molecule is O=Cc1ccc(C(F)F)o1. The summed E-state index contributed by atoms with van der Waals surface area (Å²) in [5, 5.41) is 0. The first kappa shape index (κ1) is 6.92. The van der Waals surface area contributed by atoms with Gasteiger partial charge in [-0.05, 0) is 12.1 Å². The van der Waals surface area contributed by atoms with Crippen molar-refractivity contribution in [3.8, 4) is 0 Å². The zero-order chi connectivity index (χ0) is 7.56. The van der Waals surface area contributed by atoms with Gasteiger partial charge in [0.05, 0.1) is 0 Å². The molecule has 0 saturated carbocycles. The Labute approximate surface area is 55.4 Å². The highest BCUT2D eigenvalue weighted by atomic mass is 19.3. The van der Waals surface area contributed by atoms with E-state index in [1.165, 1.54) is 6.07 Å². The minimum Gasteiger partial charge on any atom is -0.452 e. The average Bonchev–Trinajstić information content (AvgIpc) is 2.34. The molecule has 0 bridgehead atoms. The Morgan fingerprint density at radius 1 is 1.50 bits per heavy atom. The highest BCUT2D eigenvalue weighted by Crippen LogP contribution is 2.19. The molecule has 54 valence electrons. The standard InChI is InChI=1S/C6H4F2O2/c7-6(8)5-2-1-4(3-9)10-5/h1-3,6H. The van der Waals surface area contributed by atoms with E-state index in [2.05, 4.69) is 4.42 Å². The van der Waals surface area contributed by atoms with Crippen molar-refractivity contribution in [3.05, 3.63) is 23.7 Å². The summed E-state index contributed by atoms with van der Waals surface area (Å²) in [6.07, 6.45) is -2.26. The molecule has 0 aliphatic rings. The van der Waals surface area contributed by atoms with Crippen LogP contribution in [0.3, 0.4) is 0 Å². The summed E-state index contributed by atoms with van der Waals surface area (Å²) < 4.78 is 27.8.